The Labute approximate surface area is 131 Å². The fourth-order valence-electron chi connectivity index (χ4n) is 2.87. The zero-order chi connectivity index (χ0) is 15.8. The Bertz CT molecular complexity index is 503. The molecule has 0 aliphatic carbocycles. The lowest BCUT2D eigenvalue weighted by Gasteiger charge is -2.34. The molecule has 0 saturated carbocycles. The van der Waals surface area contributed by atoms with E-state index in [9.17, 15) is 13.2 Å². The third-order valence-corrected chi connectivity index (χ3v) is 5.95. The Balaban J connectivity index is 1.97. The molecule has 0 aromatic rings. The van der Waals surface area contributed by atoms with Crippen LogP contribution in [0.15, 0.2) is 0 Å². The summed E-state index contributed by atoms with van der Waals surface area (Å²) in [6.07, 6.45) is 0.792. The first kappa shape index (κ1) is 16.8. The van der Waals surface area contributed by atoms with Gasteiger partial charge >= 0.3 is 6.09 Å². The lowest BCUT2D eigenvalue weighted by molar-refractivity contribution is 0.0173. The number of carbonyl (C=O) groups is 1. The van der Waals surface area contributed by atoms with E-state index >= 15 is 0 Å². The van der Waals surface area contributed by atoms with Gasteiger partial charge in [0.1, 0.15) is 5.60 Å². The van der Waals surface area contributed by atoms with E-state index in [1.165, 1.54) is 4.31 Å². The van der Waals surface area contributed by atoms with Crippen LogP contribution < -0.4 is 0 Å². The van der Waals surface area contributed by atoms with Crippen molar-refractivity contribution in [1.29, 1.82) is 0 Å². The van der Waals surface area contributed by atoms with Crippen LogP contribution in [0.4, 0.5) is 4.79 Å². The maximum absolute atomic E-state index is 12.2. The largest absolute Gasteiger partial charge is 0.444 e. The van der Waals surface area contributed by atoms with Gasteiger partial charge < -0.3 is 9.64 Å². The van der Waals surface area contributed by atoms with Crippen molar-refractivity contribution in [2.24, 2.45) is 0 Å². The number of amides is 1. The number of sulfonamides is 1. The number of halogens is 1. The number of alkyl halides is 1. The average molecular weight is 339 g/mol. The summed E-state index contributed by atoms with van der Waals surface area (Å²) in [6.45, 7) is 6.25. The normalized spacial score (nSPS) is 26.4. The second-order valence-electron chi connectivity index (χ2n) is 6.60. The maximum Gasteiger partial charge on any atom is 0.410 e. The van der Waals surface area contributed by atoms with Crippen LogP contribution in [0.2, 0.25) is 0 Å². The minimum Gasteiger partial charge on any atom is -0.444 e. The lowest BCUT2D eigenvalue weighted by Crippen LogP contribution is -2.52. The van der Waals surface area contributed by atoms with E-state index in [0.29, 0.717) is 31.8 Å². The molecule has 0 unspecified atom stereocenters. The molecule has 0 aromatic heterocycles. The van der Waals surface area contributed by atoms with Gasteiger partial charge in [-0.05, 0) is 33.6 Å². The fourth-order valence-corrected chi connectivity index (χ4v) is 4.91. The fraction of sp³-hybridized carbons (Fsp3) is 0.923. The number of fused-ring (bicyclic) bond motifs is 2. The number of rotatable bonds is 4. The van der Waals surface area contributed by atoms with Crippen molar-refractivity contribution in [3.05, 3.63) is 0 Å². The van der Waals surface area contributed by atoms with Gasteiger partial charge in [-0.2, -0.15) is 4.31 Å². The molecule has 0 spiro atoms. The minimum atomic E-state index is -3.27. The van der Waals surface area contributed by atoms with Gasteiger partial charge in [-0.15, -0.1) is 11.6 Å². The zero-order valence-electron chi connectivity index (χ0n) is 12.7. The first-order valence-electron chi connectivity index (χ1n) is 7.19. The molecule has 2 rings (SSSR count). The standard InChI is InChI=1S/C13H23ClN2O4S/c1-13(2,3)20-12(17)15-8-11-7-10(15)9-16(11)21(18,19)6-4-5-14/h10-11H,4-9H2,1-3H3/t10-,11-/m1/s1. The molecule has 2 saturated heterocycles. The van der Waals surface area contributed by atoms with Crippen molar-refractivity contribution in [3.63, 3.8) is 0 Å². The lowest BCUT2D eigenvalue weighted by atomic mass is 10.2. The van der Waals surface area contributed by atoms with Gasteiger partial charge in [0, 0.05) is 25.0 Å². The molecule has 122 valence electrons. The van der Waals surface area contributed by atoms with Gasteiger partial charge in [0.2, 0.25) is 10.0 Å². The third-order valence-electron chi connectivity index (χ3n) is 3.71. The van der Waals surface area contributed by atoms with E-state index in [2.05, 4.69) is 0 Å². The molecule has 2 fully saturated rings. The van der Waals surface area contributed by atoms with E-state index in [1.807, 2.05) is 20.8 Å². The summed E-state index contributed by atoms with van der Waals surface area (Å²) in [5.74, 6) is 0.414. The number of likely N-dealkylation sites (tertiary alicyclic amines) is 1. The van der Waals surface area contributed by atoms with Crippen molar-refractivity contribution >= 4 is 27.7 Å². The number of ether oxygens (including phenoxy) is 1. The van der Waals surface area contributed by atoms with Crippen LogP contribution in [0.5, 0.6) is 0 Å². The van der Waals surface area contributed by atoms with E-state index in [1.54, 1.807) is 4.90 Å². The Kier molecular flexibility index (Phi) is 4.75. The van der Waals surface area contributed by atoms with Crippen LogP contribution in [0.3, 0.4) is 0 Å². The molecule has 2 heterocycles. The number of hydrogen-bond acceptors (Lipinski definition) is 4. The molecular formula is C13H23ClN2O4S. The second-order valence-corrected chi connectivity index (χ2v) is 9.02. The summed E-state index contributed by atoms with van der Waals surface area (Å²) >= 11 is 5.57. The highest BCUT2D eigenvalue weighted by Gasteiger charge is 2.50. The molecule has 0 N–H and O–H groups in total. The zero-order valence-corrected chi connectivity index (χ0v) is 14.3. The predicted octanol–water partition coefficient (Wildman–Crippen LogP) is 1.64. The van der Waals surface area contributed by atoms with Crippen LogP contribution in [0.1, 0.15) is 33.6 Å². The highest BCUT2D eigenvalue weighted by Crippen LogP contribution is 2.34. The molecule has 0 aromatic carbocycles. The Hall–Kier alpha value is -0.530. The van der Waals surface area contributed by atoms with Crippen molar-refractivity contribution in [3.8, 4) is 0 Å². The maximum atomic E-state index is 12.2. The van der Waals surface area contributed by atoms with Gasteiger partial charge in [0.05, 0.1) is 11.8 Å². The van der Waals surface area contributed by atoms with E-state index < -0.39 is 15.6 Å². The van der Waals surface area contributed by atoms with Gasteiger partial charge in [-0.3, -0.25) is 0 Å². The van der Waals surface area contributed by atoms with Gasteiger partial charge in [0.25, 0.3) is 0 Å². The van der Waals surface area contributed by atoms with E-state index in [4.69, 9.17) is 16.3 Å². The number of carbonyl (C=O) groups excluding carboxylic acids is 1. The molecule has 2 aliphatic rings. The van der Waals surface area contributed by atoms with E-state index in [0.717, 1.165) is 0 Å². The summed E-state index contributed by atoms with van der Waals surface area (Å²) in [7, 11) is -3.27. The molecule has 0 radical (unpaired) electrons. The first-order chi connectivity index (χ1) is 9.64. The van der Waals surface area contributed by atoms with Gasteiger partial charge in [-0.25, -0.2) is 13.2 Å². The van der Waals surface area contributed by atoms with Gasteiger partial charge in [0.15, 0.2) is 0 Å². The van der Waals surface area contributed by atoms with Crippen LogP contribution in [0, 0.1) is 0 Å². The molecule has 6 nitrogen and oxygen atoms in total. The van der Waals surface area contributed by atoms with Crippen LogP contribution in [0.25, 0.3) is 0 Å². The topological polar surface area (TPSA) is 66.9 Å². The first-order valence-corrected chi connectivity index (χ1v) is 9.33. The number of hydrogen-bond donors (Lipinski definition) is 0. The summed E-state index contributed by atoms with van der Waals surface area (Å²) in [4.78, 5) is 13.8. The van der Waals surface area contributed by atoms with Crippen molar-refractivity contribution < 1.29 is 17.9 Å². The Morgan fingerprint density at radius 3 is 2.43 bits per heavy atom. The van der Waals surface area contributed by atoms with Crippen molar-refractivity contribution in [2.75, 3.05) is 24.7 Å². The third kappa shape index (κ3) is 3.81. The van der Waals surface area contributed by atoms with Crippen LogP contribution >= 0.6 is 11.6 Å². The smallest absolute Gasteiger partial charge is 0.410 e. The summed E-state index contributed by atoms with van der Waals surface area (Å²) in [5.41, 5.74) is -0.537. The Morgan fingerprint density at radius 2 is 1.95 bits per heavy atom. The SMILES string of the molecule is CC(C)(C)OC(=O)N1C[C@H]2C[C@@H]1CN2S(=O)(=O)CCCCl. The highest BCUT2D eigenvalue weighted by molar-refractivity contribution is 7.89. The summed E-state index contributed by atoms with van der Waals surface area (Å²) < 4.78 is 31.3. The summed E-state index contributed by atoms with van der Waals surface area (Å²) in [5, 5.41) is 0. The molecular weight excluding hydrogens is 316 g/mol. The van der Waals surface area contributed by atoms with Crippen molar-refractivity contribution in [2.45, 2.75) is 51.3 Å². The van der Waals surface area contributed by atoms with Crippen LogP contribution in [-0.4, -0.2) is 66.1 Å². The average Bonchev–Trinajstić information content (AvgIpc) is 2.94. The number of nitrogens with zero attached hydrogens (tertiary/aromatic N) is 2. The quantitative estimate of drug-likeness (QED) is 0.731. The second kappa shape index (κ2) is 5.93. The number of piperazine rings is 1. The predicted molar refractivity (Wildman–Crippen MR) is 81.0 cm³/mol. The molecule has 2 atom stereocenters. The molecule has 2 aliphatic heterocycles. The molecule has 21 heavy (non-hydrogen) atoms. The minimum absolute atomic E-state index is 0.0735. The van der Waals surface area contributed by atoms with Gasteiger partial charge in [-0.1, -0.05) is 0 Å². The van der Waals surface area contributed by atoms with Crippen LogP contribution in [-0.2, 0) is 14.8 Å². The van der Waals surface area contributed by atoms with Crippen molar-refractivity contribution in [1.82, 2.24) is 9.21 Å². The molecule has 2 bridgehead atoms. The molecule has 1 amide bonds. The molecule has 8 heteroatoms. The Morgan fingerprint density at radius 1 is 1.29 bits per heavy atom. The highest BCUT2D eigenvalue weighted by atomic mass is 35.5. The van der Waals surface area contributed by atoms with E-state index in [-0.39, 0.29) is 23.9 Å². The monoisotopic (exact) mass is 338 g/mol. The summed E-state index contributed by atoms with van der Waals surface area (Å²) in [6, 6.07) is -0.196.